The van der Waals surface area contributed by atoms with E-state index in [9.17, 15) is 0 Å². The fourth-order valence-electron chi connectivity index (χ4n) is 9.07. The van der Waals surface area contributed by atoms with Crippen LogP contribution in [0.4, 0.5) is 0 Å². The van der Waals surface area contributed by atoms with Crippen LogP contribution in [-0.4, -0.2) is 29.1 Å². The van der Waals surface area contributed by atoms with Crippen molar-refractivity contribution in [3.8, 4) is 67.9 Å². The van der Waals surface area contributed by atoms with Crippen LogP contribution >= 0.6 is 0 Å². The van der Waals surface area contributed by atoms with Crippen LogP contribution in [0.2, 0.25) is 0 Å². The molecule has 0 aliphatic heterocycles. The Morgan fingerprint density at radius 3 is 1.34 bits per heavy atom. The van der Waals surface area contributed by atoms with Gasteiger partial charge in [-0.3, -0.25) is 4.98 Å². The summed E-state index contributed by atoms with van der Waals surface area (Å²) in [7, 11) is 0. The Kier molecular flexibility index (Phi) is 8.38. The van der Waals surface area contributed by atoms with E-state index in [0.29, 0.717) is 17.5 Å². The summed E-state index contributed by atoms with van der Waals surface area (Å²) in [6.45, 7) is 0. The maximum Gasteiger partial charge on any atom is 0.164 e. The van der Waals surface area contributed by atoms with E-state index in [4.69, 9.17) is 19.9 Å². The second-order valence-electron chi connectivity index (χ2n) is 15.5. The molecule has 0 N–H and O–H groups in total. The van der Waals surface area contributed by atoms with Gasteiger partial charge < -0.3 is 9.13 Å². The Morgan fingerprint density at radius 2 is 0.758 bits per heavy atom. The highest BCUT2D eigenvalue weighted by Gasteiger charge is 2.20. The minimum Gasteiger partial charge on any atom is -0.309 e. The Balaban J connectivity index is 0.975. The molecule has 0 fully saturated rings. The van der Waals surface area contributed by atoms with E-state index in [1.807, 2.05) is 72.9 Å². The molecular formula is C56H36N6. The molecule has 8 aromatic carbocycles. The fraction of sp³-hybridized carbons (Fsp3) is 0. The predicted molar refractivity (Wildman–Crippen MR) is 253 cm³/mol. The first-order chi connectivity index (χ1) is 30.8. The average Bonchev–Trinajstić information content (AvgIpc) is 3.88. The Labute approximate surface area is 357 Å². The van der Waals surface area contributed by atoms with E-state index < -0.39 is 0 Å². The van der Waals surface area contributed by atoms with Crippen LogP contribution in [-0.2, 0) is 0 Å². The van der Waals surface area contributed by atoms with Gasteiger partial charge in [-0.25, -0.2) is 15.0 Å². The average molecular weight is 793 g/mol. The van der Waals surface area contributed by atoms with E-state index in [-0.39, 0.29) is 0 Å². The predicted octanol–water partition coefficient (Wildman–Crippen LogP) is 13.8. The Morgan fingerprint density at radius 1 is 0.306 bits per heavy atom. The monoisotopic (exact) mass is 792 g/mol. The second kappa shape index (κ2) is 14.7. The molecule has 12 aromatic rings. The summed E-state index contributed by atoms with van der Waals surface area (Å²) in [5.41, 5.74) is 13.9. The number of pyridine rings is 1. The van der Waals surface area contributed by atoms with Gasteiger partial charge in [-0.1, -0.05) is 152 Å². The van der Waals surface area contributed by atoms with Gasteiger partial charge in [0.2, 0.25) is 0 Å². The minimum absolute atomic E-state index is 0.594. The molecule has 0 aliphatic carbocycles. The van der Waals surface area contributed by atoms with Crippen LogP contribution in [0.25, 0.3) is 112 Å². The lowest BCUT2D eigenvalue weighted by molar-refractivity contribution is 1.07. The van der Waals surface area contributed by atoms with E-state index in [2.05, 4.69) is 155 Å². The molecule has 0 spiro atoms. The lowest BCUT2D eigenvalue weighted by Gasteiger charge is -2.11. The van der Waals surface area contributed by atoms with Gasteiger partial charge in [0, 0.05) is 61.4 Å². The van der Waals surface area contributed by atoms with Crippen LogP contribution in [0, 0.1) is 0 Å². The summed E-state index contributed by atoms with van der Waals surface area (Å²) in [6, 6.07) is 74.4. The summed E-state index contributed by atoms with van der Waals surface area (Å²) < 4.78 is 4.74. The van der Waals surface area contributed by atoms with Crippen molar-refractivity contribution in [2.45, 2.75) is 0 Å². The van der Waals surface area contributed by atoms with Gasteiger partial charge >= 0.3 is 0 Å². The highest BCUT2D eigenvalue weighted by atomic mass is 15.0. The highest BCUT2D eigenvalue weighted by molar-refractivity contribution is 6.17. The van der Waals surface area contributed by atoms with Crippen LogP contribution in [0.1, 0.15) is 0 Å². The third-order valence-electron chi connectivity index (χ3n) is 11.8. The molecule has 0 bridgehead atoms. The quantitative estimate of drug-likeness (QED) is 0.161. The number of nitrogens with zero attached hydrogens (tertiary/aromatic N) is 6. The largest absolute Gasteiger partial charge is 0.309 e. The zero-order chi connectivity index (χ0) is 41.0. The molecular weight excluding hydrogens is 757 g/mol. The molecule has 0 saturated heterocycles. The number of rotatable bonds is 7. The molecule has 0 unspecified atom stereocenters. The van der Waals surface area contributed by atoms with Gasteiger partial charge in [-0.15, -0.1) is 0 Å². The number of benzene rings is 8. The molecule has 0 radical (unpaired) electrons. The first kappa shape index (κ1) is 35.5. The summed E-state index contributed by atoms with van der Waals surface area (Å²) >= 11 is 0. The van der Waals surface area contributed by atoms with Gasteiger partial charge in [0.1, 0.15) is 0 Å². The lowest BCUT2D eigenvalue weighted by Crippen LogP contribution is -2.00. The highest BCUT2D eigenvalue weighted by Crippen LogP contribution is 2.41. The van der Waals surface area contributed by atoms with E-state index in [0.717, 1.165) is 61.1 Å². The molecule has 4 heterocycles. The van der Waals surface area contributed by atoms with Crippen molar-refractivity contribution >= 4 is 43.6 Å². The molecule has 0 atom stereocenters. The zero-order valence-electron chi connectivity index (χ0n) is 33.5. The first-order valence-electron chi connectivity index (χ1n) is 20.8. The molecule has 290 valence electrons. The number of fused-ring (bicyclic) bond motifs is 6. The van der Waals surface area contributed by atoms with Crippen LogP contribution < -0.4 is 0 Å². The number of para-hydroxylation sites is 3. The molecule has 0 aliphatic rings. The van der Waals surface area contributed by atoms with Crippen molar-refractivity contribution in [2.75, 3.05) is 0 Å². The summed E-state index contributed by atoms with van der Waals surface area (Å²) in [5, 5.41) is 4.79. The summed E-state index contributed by atoms with van der Waals surface area (Å²) in [5.74, 6) is 1.84. The van der Waals surface area contributed by atoms with E-state index in [1.165, 1.54) is 32.9 Å². The second-order valence-corrected chi connectivity index (χ2v) is 15.5. The number of hydrogen-bond donors (Lipinski definition) is 0. The SMILES string of the molecule is c1ccc(-c2nc(-c3ccccc3)nc(-c3ccnc(-c4cccc5c4c4ccccc4n5-c4ccc(-c5cccc6c5c5ccccc5n6-c5ccccc5)cc4)c3)n2)cc1. The molecule has 62 heavy (non-hydrogen) atoms. The molecule has 4 aromatic heterocycles. The molecule has 0 saturated carbocycles. The zero-order valence-corrected chi connectivity index (χ0v) is 33.5. The smallest absolute Gasteiger partial charge is 0.164 e. The summed E-state index contributed by atoms with van der Waals surface area (Å²) in [6.07, 6.45) is 1.85. The fourth-order valence-corrected chi connectivity index (χ4v) is 9.07. The number of aromatic nitrogens is 6. The van der Waals surface area contributed by atoms with Gasteiger partial charge in [0.25, 0.3) is 0 Å². The van der Waals surface area contributed by atoms with Crippen LogP contribution in [0.5, 0.6) is 0 Å². The maximum absolute atomic E-state index is 5.01. The van der Waals surface area contributed by atoms with Crippen molar-refractivity contribution in [1.82, 2.24) is 29.1 Å². The first-order valence-corrected chi connectivity index (χ1v) is 20.8. The number of hydrogen-bond acceptors (Lipinski definition) is 4. The van der Waals surface area contributed by atoms with Crippen molar-refractivity contribution in [3.63, 3.8) is 0 Å². The van der Waals surface area contributed by atoms with Gasteiger partial charge in [0.05, 0.1) is 27.8 Å². The normalized spacial score (nSPS) is 11.5. The summed E-state index contributed by atoms with van der Waals surface area (Å²) in [4.78, 5) is 19.9. The van der Waals surface area contributed by atoms with Gasteiger partial charge in [-0.2, -0.15) is 0 Å². The van der Waals surface area contributed by atoms with Crippen LogP contribution in [0.3, 0.4) is 0 Å². The molecule has 0 amide bonds. The van der Waals surface area contributed by atoms with Gasteiger partial charge in [0.15, 0.2) is 17.5 Å². The van der Waals surface area contributed by atoms with E-state index >= 15 is 0 Å². The maximum atomic E-state index is 5.01. The van der Waals surface area contributed by atoms with Crippen molar-refractivity contribution < 1.29 is 0 Å². The standard InChI is InChI=1S/C56H36N6/c1-4-16-38(17-5-1)54-58-55(39-18-6-2-7-19-39)60-56(59-54)40-34-35-57-47(36-40)44-25-15-29-51-53(44)46-23-11-13-27-49(46)62(51)42-32-30-37(31-33-42)43-24-14-28-50-52(43)45-22-10-12-26-48(45)61(50)41-20-8-3-9-21-41/h1-36H. The van der Waals surface area contributed by atoms with Crippen LogP contribution in [0.15, 0.2) is 219 Å². The topological polar surface area (TPSA) is 61.4 Å². The Bertz CT molecular complexity index is 3550. The van der Waals surface area contributed by atoms with Crippen molar-refractivity contribution in [2.24, 2.45) is 0 Å². The molecule has 12 rings (SSSR count). The molecule has 6 heteroatoms. The molecule has 6 nitrogen and oxygen atoms in total. The third kappa shape index (κ3) is 5.88. The van der Waals surface area contributed by atoms with Crippen molar-refractivity contribution in [3.05, 3.63) is 219 Å². The van der Waals surface area contributed by atoms with Gasteiger partial charge in [-0.05, 0) is 71.8 Å². The minimum atomic E-state index is 0.594. The Hall–Kier alpha value is -8.48. The third-order valence-corrected chi connectivity index (χ3v) is 11.8. The van der Waals surface area contributed by atoms with E-state index in [1.54, 1.807) is 0 Å². The van der Waals surface area contributed by atoms with Crippen molar-refractivity contribution in [1.29, 1.82) is 0 Å². The lowest BCUT2D eigenvalue weighted by atomic mass is 9.99.